The summed E-state index contributed by atoms with van der Waals surface area (Å²) in [6.45, 7) is 0.680. The summed E-state index contributed by atoms with van der Waals surface area (Å²) >= 11 is 6.01. The van der Waals surface area contributed by atoms with E-state index in [0.717, 1.165) is 0 Å². The summed E-state index contributed by atoms with van der Waals surface area (Å²) in [6, 6.07) is 3.26. The summed E-state index contributed by atoms with van der Waals surface area (Å²) in [7, 11) is 3.28. The average molecular weight is 368 g/mol. The Morgan fingerprint density at radius 1 is 1.48 bits per heavy atom. The third kappa shape index (κ3) is 3.60. The van der Waals surface area contributed by atoms with Crippen molar-refractivity contribution in [3.05, 3.63) is 41.0 Å². The first kappa shape index (κ1) is 17.7. The molecule has 0 bridgehead atoms. The number of rotatable bonds is 7. The third-order valence-electron chi connectivity index (χ3n) is 3.90. The number of hydrogen-bond donors (Lipinski definition) is 2. The van der Waals surface area contributed by atoms with Crippen molar-refractivity contribution < 1.29 is 13.5 Å². The minimum atomic E-state index is -0.414. The fourth-order valence-corrected chi connectivity index (χ4v) is 2.91. The Morgan fingerprint density at radius 2 is 2.28 bits per heavy atom. The van der Waals surface area contributed by atoms with Gasteiger partial charge in [0.25, 0.3) is 0 Å². The standard InChI is InChI=1S/C16H19ClFN5O2/c1-23-11(6-9(19)8-24-2)13(18)12-14(21-16(17)22-15(12)23)20-7-10-4-3-5-25-10/h3-5,9H,6-8,19H2,1-2H3,(H,20,21,22). The summed E-state index contributed by atoms with van der Waals surface area (Å²) in [5, 5.41) is 3.36. The highest BCUT2D eigenvalue weighted by molar-refractivity contribution is 6.28. The molecule has 3 aromatic rings. The molecule has 0 radical (unpaired) electrons. The monoisotopic (exact) mass is 367 g/mol. The molecule has 0 saturated heterocycles. The lowest BCUT2D eigenvalue weighted by atomic mass is 10.1. The first-order valence-corrected chi connectivity index (χ1v) is 8.10. The molecule has 0 aliphatic heterocycles. The summed E-state index contributed by atoms with van der Waals surface area (Å²) in [5.74, 6) is 0.593. The van der Waals surface area contributed by atoms with Gasteiger partial charge in [0, 0.05) is 26.6 Å². The van der Waals surface area contributed by atoms with E-state index in [0.29, 0.717) is 42.5 Å². The molecule has 0 aliphatic rings. The zero-order valence-corrected chi connectivity index (χ0v) is 14.7. The number of hydrogen-bond acceptors (Lipinski definition) is 6. The molecule has 0 aromatic carbocycles. The molecule has 1 unspecified atom stereocenters. The molecule has 134 valence electrons. The van der Waals surface area contributed by atoms with Crippen LogP contribution in [0.15, 0.2) is 22.8 Å². The normalized spacial score (nSPS) is 12.7. The Kier molecular flexibility index (Phi) is 5.22. The van der Waals surface area contributed by atoms with Crippen LogP contribution < -0.4 is 11.1 Å². The number of nitrogens with zero attached hydrogens (tertiary/aromatic N) is 3. The van der Waals surface area contributed by atoms with Gasteiger partial charge in [0.2, 0.25) is 5.28 Å². The van der Waals surface area contributed by atoms with Crippen molar-refractivity contribution >= 4 is 28.5 Å². The second-order valence-electron chi connectivity index (χ2n) is 5.71. The first-order chi connectivity index (χ1) is 12.0. The predicted octanol–water partition coefficient (Wildman–Crippen LogP) is 2.48. The number of ether oxygens (including phenoxy) is 1. The van der Waals surface area contributed by atoms with Crippen LogP contribution in [-0.4, -0.2) is 34.3 Å². The second-order valence-corrected chi connectivity index (χ2v) is 6.05. The van der Waals surface area contributed by atoms with Crippen LogP contribution in [0.3, 0.4) is 0 Å². The van der Waals surface area contributed by atoms with Crippen molar-refractivity contribution in [3.63, 3.8) is 0 Å². The van der Waals surface area contributed by atoms with Gasteiger partial charge in [0.1, 0.15) is 17.2 Å². The largest absolute Gasteiger partial charge is 0.467 e. The van der Waals surface area contributed by atoms with Crippen LogP contribution in [-0.2, 0) is 24.8 Å². The maximum atomic E-state index is 15.0. The molecular weight excluding hydrogens is 349 g/mol. The number of methoxy groups -OCH3 is 1. The van der Waals surface area contributed by atoms with Crippen LogP contribution in [0.2, 0.25) is 5.28 Å². The van der Waals surface area contributed by atoms with Crippen molar-refractivity contribution in [2.75, 3.05) is 19.0 Å². The molecular formula is C16H19ClFN5O2. The highest BCUT2D eigenvalue weighted by Gasteiger charge is 2.22. The maximum Gasteiger partial charge on any atom is 0.226 e. The zero-order chi connectivity index (χ0) is 18.0. The minimum Gasteiger partial charge on any atom is -0.467 e. The van der Waals surface area contributed by atoms with E-state index in [9.17, 15) is 0 Å². The molecule has 0 fully saturated rings. The average Bonchev–Trinajstić information content (AvgIpc) is 3.16. The lowest BCUT2D eigenvalue weighted by Gasteiger charge is -2.11. The van der Waals surface area contributed by atoms with Gasteiger partial charge in [-0.25, -0.2) is 4.39 Å². The number of nitrogens with one attached hydrogen (secondary N) is 1. The van der Waals surface area contributed by atoms with Crippen LogP contribution in [0.25, 0.3) is 11.0 Å². The van der Waals surface area contributed by atoms with Gasteiger partial charge in [-0.3, -0.25) is 0 Å². The Balaban J connectivity index is 1.99. The molecule has 1 atom stereocenters. The fraction of sp³-hybridized carbons (Fsp3) is 0.375. The number of nitrogens with two attached hydrogens (primary N) is 1. The van der Waals surface area contributed by atoms with Crippen LogP contribution in [0.5, 0.6) is 0 Å². The van der Waals surface area contributed by atoms with E-state index >= 15 is 4.39 Å². The van der Waals surface area contributed by atoms with Crippen molar-refractivity contribution in [2.45, 2.75) is 19.0 Å². The van der Waals surface area contributed by atoms with Crippen LogP contribution in [0.1, 0.15) is 11.5 Å². The molecule has 0 saturated carbocycles. The molecule has 3 rings (SSSR count). The Bertz CT molecular complexity index is 865. The molecule has 3 heterocycles. The minimum absolute atomic E-state index is 0.0304. The van der Waals surface area contributed by atoms with Crippen LogP contribution >= 0.6 is 11.6 Å². The van der Waals surface area contributed by atoms with E-state index in [1.165, 1.54) is 0 Å². The molecule has 25 heavy (non-hydrogen) atoms. The number of fused-ring (bicyclic) bond motifs is 1. The quantitative estimate of drug-likeness (QED) is 0.623. The molecule has 7 nitrogen and oxygen atoms in total. The molecule has 0 aliphatic carbocycles. The Labute approximate surface area is 148 Å². The van der Waals surface area contributed by atoms with Gasteiger partial charge in [-0.2, -0.15) is 9.97 Å². The third-order valence-corrected chi connectivity index (χ3v) is 4.07. The molecule has 3 aromatic heterocycles. The summed E-state index contributed by atoms with van der Waals surface area (Å²) in [5.41, 5.74) is 6.80. The highest BCUT2D eigenvalue weighted by atomic mass is 35.5. The lowest BCUT2D eigenvalue weighted by Crippen LogP contribution is -2.29. The Hall–Kier alpha value is -2.16. The van der Waals surface area contributed by atoms with Crippen molar-refractivity contribution in [1.82, 2.24) is 14.5 Å². The van der Waals surface area contributed by atoms with Gasteiger partial charge in [-0.15, -0.1) is 0 Å². The van der Waals surface area contributed by atoms with E-state index in [4.69, 9.17) is 26.5 Å². The number of aryl methyl sites for hydroxylation is 1. The van der Waals surface area contributed by atoms with Gasteiger partial charge in [-0.1, -0.05) is 0 Å². The smallest absolute Gasteiger partial charge is 0.226 e. The summed E-state index contributed by atoms with van der Waals surface area (Å²) < 4.78 is 27.0. The van der Waals surface area contributed by atoms with E-state index in [1.807, 2.05) is 6.07 Å². The van der Waals surface area contributed by atoms with Crippen LogP contribution in [0.4, 0.5) is 10.2 Å². The summed E-state index contributed by atoms with van der Waals surface area (Å²) in [4.78, 5) is 8.28. The zero-order valence-electron chi connectivity index (χ0n) is 13.9. The van der Waals surface area contributed by atoms with E-state index in [1.54, 1.807) is 31.1 Å². The first-order valence-electron chi connectivity index (χ1n) is 7.72. The Morgan fingerprint density at radius 3 is 2.96 bits per heavy atom. The second kappa shape index (κ2) is 7.38. The molecule has 0 amide bonds. The molecule has 3 N–H and O–H groups in total. The fourth-order valence-electron chi connectivity index (χ4n) is 2.75. The molecule has 9 heteroatoms. The topological polar surface area (TPSA) is 91.1 Å². The van der Waals surface area contributed by atoms with Gasteiger partial charge in [-0.05, 0) is 23.7 Å². The van der Waals surface area contributed by atoms with Gasteiger partial charge >= 0.3 is 0 Å². The maximum absolute atomic E-state index is 15.0. The van der Waals surface area contributed by atoms with Crippen molar-refractivity contribution in [2.24, 2.45) is 12.8 Å². The lowest BCUT2D eigenvalue weighted by molar-refractivity contribution is 0.179. The predicted molar refractivity (Wildman–Crippen MR) is 93.1 cm³/mol. The highest BCUT2D eigenvalue weighted by Crippen LogP contribution is 2.30. The van der Waals surface area contributed by atoms with Crippen LogP contribution in [0, 0.1) is 5.82 Å². The SMILES string of the molecule is COCC(N)Cc1c(F)c2c(NCc3ccco3)nc(Cl)nc2n1C. The number of furan rings is 1. The number of anilines is 1. The summed E-state index contributed by atoms with van der Waals surface area (Å²) in [6.07, 6.45) is 1.87. The van der Waals surface area contributed by atoms with Crippen molar-refractivity contribution in [1.29, 1.82) is 0 Å². The van der Waals surface area contributed by atoms with Gasteiger partial charge in [0.05, 0.1) is 30.5 Å². The van der Waals surface area contributed by atoms with E-state index in [2.05, 4.69) is 15.3 Å². The number of halogens is 2. The van der Waals surface area contributed by atoms with E-state index in [-0.39, 0.29) is 16.7 Å². The number of aromatic nitrogens is 3. The van der Waals surface area contributed by atoms with Crippen molar-refractivity contribution in [3.8, 4) is 0 Å². The van der Waals surface area contributed by atoms with Gasteiger partial charge in [0.15, 0.2) is 5.82 Å². The van der Waals surface area contributed by atoms with Gasteiger partial charge < -0.3 is 24.8 Å². The molecule has 0 spiro atoms. The van der Waals surface area contributed by atoms with E-state index < -0.39 is 5.82 Å².